The van der Waals surface area contributed by atoms with Gasteiger partial charge in [-0.25, -0.2) is 4.98 Å². The number of ether oxygens (including phenoxy) is 2. The summed E-state index contributed by atoms with van der Waals surface area (Å²) in [5.74, 6) is -1.28. The number of esters is 1. The van der Waals surface area contributed by atoms with Crippen molar-refractivity contribution < 1.29 is 38.8 Å². The molecule has 3 heterocycles. The maximum Gasteiger partial charge on any atom is 0.349 e. The van der Waals surface area contributed by atoms with Crippen molar-refractivity contribution in [3.63, 3.8) is 0 Å². The minimum atomic E-state index is -4.83. The smallest absolute Gasteiger partial charge is 0.349 e. The maximum atomic E-state index is 11.9. The molecule has 0 radical (unpaired) electrons. The van der Waals surface area contributed by atoms with Crippen molar-refractivity contribution >= 4 is 53.9 Å². The number of carbonyl (C=O) groups is 1. The Morgan fingerprint density at radius 2 is 2.13 bits per heavy atom. The van der Waals surface area contributed by atoms with Crippen molar-refractivity contribution in [3.05, 3.63) is 11.6 Å². The molecule has 2 aromatic heterocycles. The number of nitrogens with two attached hydrogens (primary N) is 1. The third-order valence-electron chi connectivity index (χ3n) is 4.24. The van der Waals surface area contributed by atoms with E-state index in [9.17, 15) is 29.4 Å². The van der Waals surface area contributed by atoms with Crippen LogP contribution >= 0.6 is 31.0 Å². The molecule has 1 aliphatic heterocycles. The van der Waals surface area contributed by atoms with E-state index in [1.807, 2.05) is 0 Å². The third-order valence-corrected chi connectivity index (χ3v) is 7.54. The van der Waals surface area contributed by atoms with Gasteiger partial charge in [-0.05, 0) is 18.5 Å². The molecule has 6 N–H and O–H groups in total. The number of thioether (sulfide) groups is 1. The molecule has 30 heavy (non-hydrogen) atoms. The number of rotatable bonds is 7. The zero-order valence-electron chi connectivity index (χ0n) is 15.4. The highest BCUT2D eigenvalue weighted by Crippen LogP contribution is 2.48. The SMILES string of the molecule is CCOC(=O)C(SC[C@H]1O[C@@H](n2cnc3c(N)nc(Cl)nc32)[C@H](O)[C@H]1O)P(=O)(O)O. The largest absolute Gasteiger partial charge is 0.465 e. The van der Waals surface area contributed by atoms with Crippen LogP contribution in [0.1, 0.15) is 13.2 Å². The van der Waals surface area contributed by atoms with E-state index in [1.165, 1.54) is 17.8 Å². The molecule has 0 saturated carbocycles. The van der Waals surface area contributed by atoms with Gasteiger partial charge in [0.1, 0.15) is 17.7 Å². The second kappa shape index (κ2) is 8.93. The highest BCUT2D eigenvalue weighted by atomic mass is 35.5. The molecule has 0 aliphatic carbocycles. The molecule has 3 rings (SSSR count). The Kier molecular flexibility index (Phi) is 6.89. The predicted molar refractivity (Wildman–Crippen MR) is 106 cm³/mol. The molecule has 1 saturated heterocycles. The van der Waals surface area contributed by atoms with E-state index < -0.39 is 43.1 Å². The molecule has 5 atom stereocenters. The van der Waals surface area contributed by atoms with Crippen LogP contribution in [-0.2, 0) is 18.8 Å². The summed E-state index contributed by atoms with van der Waals surface area (Å²) in [6, 6.07) is 0. The van der Waals surface area contributed by atoms with Crippen molar-refractivity contribution in [2.75, 3.05) is 18.1 Å². The van der Waals surface area contributed by atoms with Crippen LogP contribution in [0.4, 0.5) is 5.82 Å². The minimum absolute atomic E-state index is 0.0165. The summed E-state index contributed by atoms with van der Waals surface area (Å²) in [5.41, 5.74) is 6.13. The lowest BCUT2D eigenvalue weighted by Gasteiger charge is -2.19. The second-order valence-corrected chi connectivity index (χ2v) is 9.80. The quantitative estimate of drug-likeness (QED) is 0.191. The number of anilines is 1. The molecule has 16 heteroatoms. The number of aromatic nitrogens is 4. The number of nitrogen functional groups attached to an aromatic ring is 1. The number of aliphatic hydroxyl groups is 2. The van der Waals surface area contributed by atoms with Crippen molar-refractivity contribution in [1.29, 1.82) is 0 Å². The van der Waals surface area contributed by atoms with E-state index in [1.54, 1.807) is 0 Å². The third kappa shape index (κ3) is 4.55. The first-order chi connectivity index (χ1) is 14.0. The van der Waals surface area contributed by atoms with E-state index in [0.29, 0.717) is 11.8 Å². The molecule has 166 valence electrons. The van der Waals surface area contributed by atoms with Gasteiger partial charge in [0.05, 0.1) is 19.0 Å². The predicted octanol–water partition coefficient (Wildman–Crippen LogP) is -0.519. The van der Waals surface area contributed by atoms with E-state index >= 15 is 0 Å². The zero-order chi connectivity index (χ0) is 22.2. The minimum Gasteiger partial charge on any atom is -0.465 e. The summed E-state index contributed by atoms with van der Waals surface area (Å²) in [4.78, 5) is 40.8. The lowest BCUT2D eigenvalue weighted by atomic mass is 10.1. The summed E-state index contributed by atoms with van der Waals surface area (Å²) >= 11 is 6.38. The van der Waals surface area contributed by atoms with Gasteiger partial charge in [0.2, 0.25) is 10.3 Å². The monoisotopic (exact) mass is 483 g/mol. The number of imidazole rings is 1. The number of halogens is 1. The van der Waals surface area contributed by atoms with Crippen molar-refractivity contribution in [2.24, 2.45) is 0 Å². The Labute approximate surface area is 178 Å². The first-order valence-electron chi connectivity index (χ1n) is 8.55. The highest BCUT2D eigenvalue weighted by Gasteiger charge is 2.46. The standard InChI is InChI=1S/C14H19ClN5O8PS/c1-2-27-12(23)13(29(24,25)26)30-3-5-7(21)8(22)11(28-5)20-4-17-6-9(16)18-14(15)19-10(6)20/h4-5,7-8,11,13,21-22H,2-3H2,1H3,(H2,16,18,19)(H2,24,25,26)/t5-,7+,8-,11-,13?/m1/s1. The molecule has 0 aromatic carbocycles. The molecule has 13 nitrogen and oxygen atoms in total. The number of nitrogens with zero attached hydrogens (tertiary/aromatic N) is 4. The highest BCUT2D eigenvalue weighted by molar-refractivity contribution is 8.06. The Morgan fingerprint density at radius 1 is 1.43 bits per heavy atom. The fourth-order valence-corrected chi connectivity index (χ4v) is 5.30. The average molecular weight is 484 g/mol. The van der Waals surface area contributed by atoms with Gasteiger partial charge in [0, 0.05) is 5.75 Å². The van der Waals surface area contributed by atoms with Crippen LogP contribution < -0.4 is 5.73 Å². The topological polar surface area (TPSA) is 203 Å². The number of hydrogen-bond donors (Lipinski definition) is 5. The fraction of sp³-hybridized carbons (Fsp3) is 0.571. The summed E-state index contributed by atoms with van der Waals surface area (Å²) in [6.07, 6.45) is -3.78. The number of aliphatic hydroxyl groups excluding tert-OH is 2. The molecule has 1 aliphatic rings. The van der Waals surface area contributed by atoms with Gasteiger partial charge in [-0.15, -0.1) is 11.8 Å². The van der Waals surface area contributed by atoms with Gasteiger partial charge in [-0.2, -0.15) is 9.97 Å². The van der Waals surface area contributed by atoms with E-state index in [-0.39, 0.29) is 34.6 Å². The summed E-state index contributed by atoms with van der Waals surface area (Å²) < 4.78 is 23.3. The first kappa shape index (κ1) is 23.2. The van der Waals surface area contributed by atoms with Gasteiger partial charge < -0.3 is 35.2 Å². The molecule has 0 bridgehead atoms. The van der Waals surface area contributed by atoms with E-state index in [2.05, 4.69) is 19.7 Å². The fourth-order valence-electron chi connectivity index (χ4n) is 2.90. The van der Waals surface area contributed by atoms with Crippen LogP contribution in [0.5, 0.6) is 0 Å². The first-order valence-corrected chi connectivity index (χ1v) is 11.7. The zero-order valence-corrected chi connectivity index (χ0v) is 17.9. The number of fused-ring (bicyclic) bond motifs is 1. The van der Waals surface area contributed by atoms with Gasteiger partial charge in [-0.3, -0.25) is 13.9 Å². The normalized spacial score (nSPS) is 25.5. The molecule has 0 amide bonds. The van der Waals surface area contributed by atoms with Crippen LogP contribution in [0.3, 0.4) is 0 Å². The van der Waals surface area contributed by atoms with Crippen molar-refractivity contribution in [3.8, 4) is 0 Å². The van der Waals surface area contributed by atoms with Crippen LogP contribution in [-0.4, -0.2) is 81.2 Å². The molecular formula is C14H19ClN5O8PS. The summed E-state index contributed by atoms with van der Waals surface area (Å²) in [5, 5.41) is 20.6. The lowest BCUT2D eigenvalue weighted by Crippen LogP contribution is -2.33. The molecular weight excluding hydrogens is 465 g/mol. The molecule has 1 fully saturated rings. The van der Waals surface area contributed by atoms with E-state index in [0.717, 1.165) is 0 Å². The van der Waals surface area contributed by atoms with E-state index in [4.69, 9.17) is 22.1 Å². The van der Waals surface area contributed by atoms with Crippen LogP contribution in [0.2, 0.25) is 5.28 Å². The van der Waals surface area contributed by atoms with Crippen LogP contribution in [0.25, 0.3) is 11.2 Å². The van der Waals surface area contributed by atoms with Crippen molar-refractivity contribution in [1.82, 2.24) is 19.5 Å². The molecule has 1 unspecified atom stereocenters. The maximum absolute atomic E-state index is 11.9. The van der Waals surface area contributed by atoms with Crippen LogP contribution in [0.15, 0.2) is 6.33 Å². The summed E-state index contributed by atoms with van der Waals surface area (Å²) in [6.45, 7) is 1.45. The summed E-state index contributed by atoms with van der Waals surface area (Å²) in [7, 11) is -4.83. The molecule has 0 spiro atoms. The Hall–Kier alpha value is -1.51. The lowest BCUT2D eigenvalue weighted by molar-refractivity contribution is -0.141. The molecule has 2 aromatic rings. The Bertz CT molecular complexity index is 989. The average Bonchev–Trinajstić information content (AvgIpc) is 3.17. The Morgan fingerprint density at radius 3 is 2.77 bits per heavy atom. The number of carbonyl (C=O) groups excluding carboxylic acids is 1. The van der Waals surface area contributed by atoms with Gasteiger partial charge >= 0.3 is 13.6 Å². The van der Waals surface area contributed by atoms with Gasteiger partial charge in [0.15, 0.2) is 17.7 Å². The van der Waals surface area contributed by atoms with Crippen molar-refractivity contribution in [2.45, 2.75) is 36.5 Å². The second-order valence-electron chi connectivity index (χ2n) is 6.28. The Balaban J connectivity index is 1.79. The van der Waals surface area contributed by atoms with Gasteiger partial charge in [0.25, 0.3) is 0 Å². The number of hydrogen-bond acceptors (Lipinski definition) is 11. The van der Waals surface area contributed by atoms with Gasteiger partial charge in [-0.1, -0.05) is 0 Å². The van der Waals surface area contributed by atoms with Crippen LogP contribution in [0, 0.1) is 0 Å².